The van der Waals surface area contributed by atoms with Crippen LogP contribution in [0.5, 0.6) is 0 Å². The van der Waals surface area contributed by atoms with Gasteiger partial charge < -0.3 is 4.74 Å². The zero-order chi connectivity index (χ0) is 21.1. The molecule has 1 aromatic carbocycles. The van der Waals surface area contributed by atoms with Crippen LogP contribution < -0.4 is 0 Å². The molecule has 0 atom stereocenters. The topological polar surface area (TPSA) is 57.0 Å². The van der Waals surface area contributed by atoms with Crippen molar-refractivity contribution in [2.45, 2.75) is 43.2 Å². The highest BCUT2D eigenvalue weighted by Crippen LogP contribution is 2.36. The van der Waals surface area contributed by atoms with E-state index in [1.54, 1.807) is 23.1 Å². The molecule has 30 heavy (non-hydrogen) atoms. The Morgan fingerprint density at radius 2 is 2.07 bits per heavy atom. The van der Waals surface area contributed by atoms with Gasteiger partial charge in [-0.2, -0.15) is 5.10 Å². The fourth-order valence-corrected chi connectivity index (χ4v) is 4.54. The van der Waals surface area contributed by atoms with Crippen LogP contribution in [0.2, 0.25) is 0 Å². The molecule has 5 nitrogen and oxygen atoms in total. The van der Waals surface area contributed by atoms with Crippen LogP contribution in [-0.2, 0) is 16.6 Å². The van der Waals surface area contributed by atoms with Gasteiger partial charge in [0.2, 0.25) is 0 Å². The zero-order valence-corrected chi connectivity index (χ0v) is 18.4. The number of methoxy groups -OCH3 is 1. The fourth-order valence-electron chi connectivity index (χ4n) is 4.05. The Hall–Kier alpha value is -2.54. The molecule has 1 aliphatic rings. The number of carbonyl (C=O) groups is 1. The first-order valence-electron chi connectivity index (χ1n) is 9.97. The summed E-state index contributed by atoms with van der Waals surface area (Å²) in [6.45, 7) is 0.273. The van der Waals surface area contributed by atoms with Crippen LogP contribution in [0.15, 0.2) is 48.9 Å². The minimum absolute atomic E-state index is 0.273. The van der Waals surface area contributed by atoms with Crippen LogP contribution in [0, 0.1) is 0 Å². The van der Waals surface area contributed by atoms with Gasteiger partial charge in [0, 0.05) is 34.4 Å². The van der Waals surface area contributed by atoms with Crippen LogP contribution in [0.4, 0.5) is 4.39 Å². The van der Waals surface area contributed by atoms with E-state index < -0.39 is 5.67 Å². The smallest absolute Gasteiger partial charge is 0.338 e. The molecule has 1 aliphatic carbocycles. The van der Waals surface area contributed by atoms with Crippen molar-refractivity contribution in [1.82, 2.24) is 14.8 Å². The number of carbonyl (C=O) groups excluding carboxylic acids is 1. The molecular formula is C23H23BrFN3O2. The SMILES string of the molecule is COC(=O)c1cc(-c2ncccc2-c2cnn(CC3(F)CCCC3)c2)ccc1CBr. The van der Waals surface area contributed by atoms with Gasteiger partial charge in [0.25, 0.3) is 0 Å². The molecule has 2 aromatic heterocycles. The highest BCUT2D eigenvalue weighted by molar-refractivity contribution is 9.08. The molecule has 7 heteroatoms. The minimum atomic E-state index is -1.16. The van der Waals surface area contributed by atoms with Crippen molar-refractivity contribution in [2.24, 2.45) is 0 Å². The quantitative estimate of drug-likeness (QED) is 0.348. The van der Waals surface area contributed by atoms with E-state index in [4.69, 9.17) is 4.74 Å². The summed E-state index contributed by atoms with van der Waals surface area (Å²) in [5.74, 6) is -0.388. The highest BCUT2D eigenvalue weighted by atomic mass is 79.9. The van der Waals surface area contributed by atoms with E-state index in [1.165, 1.54) is 7.11 Å². The summed E-state index contributed by atoms with van der Waals surface area (Å²) >= 11 is 3.42. The van der Waals surface area contributed by atoms with Crippen molar-refractivity contribution in [2.75, 3.05) is 7.11 Å². The number of benzene rings is 1. The first-order valence-corrected chi connectivity index (χ1v) is 11.1. The Labute approximate surface area is 183 Å². The maximum absolute atomic E-state index is 14.9. The lowest BCUT2D eigenvalue weighted by Gasteiger charge is -2.18. The molecule has 0 N–H and O–H groups in total. The van der Waals surface area contributed by atoms with Crippen molar-refractivity contribution >= 4 is 21.9 Å². The molecule has 1 saturated carbocycles. The van der Waals surface area contributed by atoms with Crippen LogP contribution in [0.1, 0.15) is 41.6 Å². The van der Waals surface area contributed by atoms with Crippen LogP contribution >= 0.6 is 15.9 Å². The maximum Gasteiger partial charge on any atom is 0.338 e. The van der Waals surface area contributed by atoms with E-state index in [0.29, 0.717) is 23.7 Å². The van der Waals surface area contributed by atoms with Crippen LogP contribution in [-0.4, -0.2) is 33.5 Å². The Bertz CT molecular complexity index is 1060. The Morgan fingerprint density at radius 1 is 1.27 bits per heavy atom. The molecule has 0 unspecified atom stereocenters. The Balaban J connectivity index is 1.70. The number of hydrogen-bond acceptors (Lipinski definition) is 4. The number of esters is 1. The van der Waals surface area contributed by atoms with Gasteiger partial charge in [0.1, 0.15) is 5.67 Å². The minimum Gasteiger partial charge on any atom is -0.465 e. The second kappa shape index (κ2) is 8.68. The third kappa shape index (κ3) is 4.17. The van der Waals surface area contributed by atoms with E-state index in [1.807, 2.05) is 30.5 Å². The van der Waals surface area contributed by atoms with Crippen LogP contribution in [0.25, 0.3) is 22.4 Å². The lowest BCUT2D eigenvalue weighted by molar-refractivity contribution is 0.0600. The van der Waals surface area contributed by atoms with Crippen molar-refractivity contribution < 1.29 is 13.9 Å². The Morgan fingerprint density at radius 3 is 2.80 bits per heavy atom. The first-order chi connectivity index (χ1) is 14.5. The zero-order valence-electron chi connectivity index (χ0n) is 16.8. The molecule has 0 aliphatic heterocycles. The Kier molecular flexibility index (Phi) is 5.99. The van der Waals surface area contributed by atoms with E-state index >= 15 is 0 Å². The summed E-state index contributed by atoms with van der Waals surface area (Å²) in [5.41, 5.74) is 3.47. The van der Waals surface area contributed by atoms with Gasteiger partial charge in [0.05, 0.1) is 31.1 Å². The number of aromatic nitrogens is 3. The molecule has 3 aromatic rings. The summed E-state index contributed by atoms with van der Waals surface area (Å²) in [5, 5.41) is 4.94. The molecule has 2 heterocycles. The number of ether oxygens (including phenoxy) is 1. The third-order valence-corrected chi connectivity index (χ3v) is 6.23. The van der Waals surface area contributed by atoms with Crippen molar-refractivity contribution in [3.05, 3.63) is 60.0 Å². The fraction of sp³-hybridized carbons (Fsp3) is 0.348. The third-order valence-electron chi connectivity index (χ3n) is 5.63. The van der Waals surface area contributed by atoms with E-state index in [9.17, 15) is 9.18 Å². The summed E-state index contributed by atoms with van der Waals surface area (Å²) in [6.07, 6.45) is 8.39. The predicted octanol–water partition coefficient (Wildman–Crippen LogP) is 5.58. The molecule has 0 bridgehead atoms. The second-order valence-corrected chi connectivity index (χ2v) is 8.24. The maximum atomic E-state index is 14.9. The largest absolute Gasteiger partial charge is 0.465 e. The van der Waals surface area contributed by atoms with E-state index in [-0.39, 0.29) is 12.5 Å². The summed E-state index contributed by atoms with van der Waals surface area (Å²) in [4.78, 5) is 16.8. The van der Waals surface area contributed by atoms with Gasteiger partial charge in [0.15, 0.2) is 0 Å². The molecule has 0 spiro atoms. The standard InChI is InChI=1S/C23H23BrFN3O2/c1-30-22(29)20-11-16(6-7-17(20)12-24)21-19(5-4-10-26-21)18-13-27-28(14-18)15-23(25)8-2-3-9-23/h4-7,10-11,13-14H,2-3,8-9,12,15H2,1H3. The normalized spacial score (nSPS) is 15.3. The van der Waals surface area contributed by atoms with E-state index in [0.717, 1.165) is 40.8 Å². The summed E-state index contributed by atoms with van der Waals surface area (Å²) in [7, 11) is 1.37. The molecule has 0 radical (unpaired) electrons. The van der Waals surface area contributed by atoms with Gasteiger partial charge >= 0.3 is 5.97 Å². The number of pyridine rings is 1. The number of rotatable bonds is 6. The average molecular weight is 472 g/mol. The monoisotopic (exact) mass is 471 g/mol. The van der Waals surface area contributed by atoms with Crippen LogP contribution in [0.3, 0.4) is 0 Å². The highest BCUT2D eigenvalue weighted by Gasteiger charge is 2.34. The van der Waals surface area contributed by atoms with Gasteiger partial charge in [-0.25, -0.2) is 9.18 Å². The van der Waals surface area contributed by atoms with Gasteiger partial charge in [-0.1, -0.05) is 47.0 Å². The number of halogens is 2. The lowest BCUT2D eigenvalue weighted by atomic mass is 9.98. The van der Waals surface area contributed by atoms with Crippen molar-refractivity contribution in [3.63, 3.8) is 0 Å². The molecular weight excluding hydrogens is 449 g/mol. The molecule has 156 valence electrons. The number of hydrogen-bond donors (Lipinski definition) is 0. The van der Waals surface area contributed by atoms with E-state index in [2.05, 4.69) is 26.0 Å². The molecule has 0 saturated heterocycles. The predicted molar refractivity (Wildman–Crippen MR) is 117 cm³/mol. The van der Waals surface area contributed by atoms with Crippen molar-refractivity contribution in [1.29, 1.82) is 0 Å². The first kappa shape index (κ1) is 20.7. The lowest BCUT2D eigenvalue weighted by Crippen LogP contribution is -2.25. The summed E-state index contributed by atoms with van der Waals surface area (Å²) in [6, 6.07) is 9.45. The second-order valence-electron chi connectivity index (χ2n) is 7.68. The average Bonchev–Trinajstić information content (AvgIpc) is 3.42. The molecule has 1 fully saturated rings. The van der Waals surface area contributed by atoms with Gasteiger partial charge in [-0.15, -0.1) is 0 Å². The summed E-state index contributed by atoms with van der Waals surface area (Å²) < 4.78 is 21.5. The van der Waals surface area contributed by atoms with Gasteiger partial charge in [-0.05, 0) is 30.5 Å². The molecule has 4 rings (SSSR count). The number of alkyl halides is 2. The molecule has 0 amide bonds. The van der Waals surface area contributed by atoms with Crippen molar-refractivity contribution in [3.8, 4) is 22.4 Å². The number of nitrogens with zero attached hydrogens (tertiary/aromatic N) is 3. The van der Waals surface area contributed by atoms with Gasteiger partial charge in [-0.3, -0.25) is 9.67 Å².